The Bertz CT molecular complexity index is 3370. The third-order valence-electron chi connectivity index (χ3n) is 12.9. The van der Waals surface area contributed by atoms with E-state index in [0.717, 1.165) is 47.1 Å². The van der Waals surface area contributed by atoms with Crippen LogP contribution in [0.25, 0.3) is 33.9 Å². The summed E-state index contributed by atoms with van der Waals surface area (Å²) in [5, 5.41) is 0. The Morgan fingerprint density at radius 2 is 0.588 bits per heavy atom. The summed E-state index contributed by atoms with van der Waals surface area (Å²) < 4.78 is 100.0. The van der Waals surface area contributed by atoms with E-state index >= 15 is 0 Å². The summed E-state index contributed by atoms with van der Waals surface area (Å²) in [6, 6.07) is 38.7. The first kappa shape index (κ1) is 101. The molecular weight excluding hydrogens is 1300 g/mol. The predicted molar refractivity (Wildman–Crippen MR) is 348 cm³/mol. The third-order valence-corrected chi connectivity index (χ3v) is 12.9. The second-order valence-electron chi connectivity index (χ2n) is 19.3. The number of aryl methyl sites for hydroxylation is 12. The van der Waals surface area contributed by atoms with Crippen molar-refractivity contribution in [3.05, 3.63) is 314 Å². The Labute approximate surface area is 595 Å². The fourth-order valence-electron chi connectivity index (χ4n) is 10.4. The Hall–Kier alpha value is -9.20. The molecule has 0 N–H and O–H groups in total. The summed E-state index contributed by atoms with van der Waals surface area (Å²) in [6.45, 7) is 81.7. The Morgan fingerprint density at radius 1 is 0.361 bits per heavy atom. The number of imidazole rings is 2. The van der Waals surface area contributed by atoms with Gasteiger partial charge in [-0.25, -0.2) is 18.3 Å². The van der Waals surface area contributed by atoms with E-state index in [0.29, 0.717) is 13.2 Å². The van der Waals surface area contributed by atoms with Crippen LogP contribution in [0.5, 0.6) is 0 Å². The van der Waals surface area contributed by atoms with Gasteiger partial charge in [0, 0.05) is 47.9 Å². The quantitative estimate of drug-likeness (QED) is 0.0339. The van der Waals surface area contributed by atoms with Crippen LogP contribution in [-0.2, 0) is 95.5 Å². The zero-order chi connectivity index (χ0) is 74.3. The fraction of sp³-hybridized carbons (Fsp3) is 0.256. The maximum Gasteiger partial charge on any atom is 0 e. The van der Waals surface area contributed by atoms with E-state index in [-0.39, 0.29) is 34.7 Å². The van der Waals surface area contributed by atoms with Crippen molar-refractivity contribution in [3.63, 3.8) is 0 Å². The molecule has 2 aromatic heterocycles. The number of ether oxygens (including phenoxy) is 3. The van der Waals surface area contributed by atoms with Gasteiger partial charge < -0.3 is 14.2 Å². The average molecular weight is 1380 g/mol. The molecule has 0 unspecified atom stereocenters. The van der Waals surface area contributed by atoms with E-state index in [1.165, 1.54) is 89.5 Å². The van der Waals surface area contributed by atoms with Gasteiger partial charge in [0.05, 0.1) is 13.2 Å². The molecule has 0 aliphatic heterocycles. The molecule has 0 bridgehead atoms. The van der Waals surface area contributed by atoms with Gasteiger partial charge in [-0.2, -0.15) is 0 Å². The van der Waals surface area contributed by atoms with Gasteiger partial charge in [-0.1, -0.05) is 143 Å². The number of hydrogen-bond acceptors (Lipinski definition) is 3. The molecule has 0 saturated carbocycles. The smallest absolute Gasteiger partial charge is 0 e. The van der Waals surface area contributed by atoms with Crippen LogP contribution in [0.3, 0.4) is 0 Å². The molecule has 0 fully saturated rings. The molecule has 0 aliphatic rings. The third kappa shape index (κ3) is 31.5. The summed E-state index contributed by atoms with van der Waals surface area (Å²) in [6.07, 6.45) is 14.5. The summed E-state index contributed by atoms with van der Waals surface area (Å²) in [4.78, 5) is 0. The predicted octanol–water partition coefficient (Wildman–Crippen LogP) is 14.6. The largest absolute Gasteiger partial charge is 0 e. The molecule has 97 heavy (non-hydrogen) atoms. The fourth-order valence-corrected chi connectivity index (χ4v) is 10.4. The van der Waals surface area contributed by atoms with Crippen LogP contribution in [0, 0.1) is 162 Å². The molecule has 0 atom stereocenters. The van der Waals surface area contributed by atoms with Crippen molar-refractivity contribution < 1.29 is 105 Å². The van der Waals surface area contributed by atoms with Gasteiger partial charge in [0.1, 0.15) is 47.5 Å². The van der Waals surface area contributed by atoms with E-state index in [4.69, 9.17) is 60.7 Å². The molecule has 0 amide bonds. The Balaban J connectivity index is -0.000000247. The van der Waals surface area contributed by atoms with Gasteiger partial charge in [-0.05, 0) is 179 Å². The van der Waals surface area contributed by atoms with Gasteiger partial charge >= 0.3 is 113 Å². The molecule has 0 aliphatic carbocycles. The normalized spacial score (nSPS) is 8.37. The van der Waals surface area contributed by atoms with Gasteiger partial charge in [0.15, 0.2) is 0 Å². The monoisotopic (exact) mass is 1380 g/mol. The van der Waals surface area contributed by atoms with Crippen molar-refractivity contribution in [2.24, 2.45) is 0 Å². The molecule has 500 valence electrons. The van der Waals surface area contributed by atoms with Crippen molar-refractivity contribution in [2.45, 2.75) is 111 Å². The second kappa shape index (κ2) is 61.7. The maximum atomic E-state index is 7.50. The van der Waals surface area contributed by atoms with Crippen molar-refractivity contribution in [1.29, 1.82) is 0 Å². The first-order valence-corrected chi connectivity index (χ1v) is 28.4. The Morgan fingerprint density at radius 3 is 0.794 bits per heavy atom. The zero-order valence-corrected chi connectivity index (χ0v) is 60.0. The van der Waals surface area contributed by atoms with E-state index < -0.39 is 0 Å². The van der Waals surface area contributed by atoms with Crippen molar-refractivity contribution in [1.82, 2.24) is 9.13 Å². The molecule has 2 heterocycles. The molecular formula is C78H78Cr2N4O13. The van der Waals surface area contributed by atoms with Crippen LogP contribution in [0.2, 0.25) is 0 Å². The molecule has 8 aromatic rings. The minimum absolute atomic E-state index is 0. The number of hydrogen-bond donors (Lipinski definition) is 0. The van der Waals surface area contributed by atoms with Crippen molar-refractivity contribution in [2.75, 3.05) is 26.4 Å². The summed E-state index contributed by atoms with van der Waals surface area (Å²) in [5.41, 5.74) is 30.3. The van der Waals surface area contributed by atoms with Gasteiger partial charge in [0.25, 0.3) is 0 Å². The van der Waals surface area contributed by atoms with Crippen LogP contribution in [0.1, 0.15) is 117 Å². The maximum absolute atomic E-state index is 7.50. The molecule has 8 rings (SSSR count). The number of nitrogens with zero attached hydrogens (tertiary/aromatic N) is 4. The van der Waals surface area contributed by atoms with Crippen LogP contribution in [0.4, 0.5) is 0 Å². The SMILES string of the molecule is CCOCC.CCO[C-]=C=C(c1ccccc1)c1n(-c2c(C)cc(C)cc2C)cc[n+]1-c1c(C)cc(C)cc1C.CCO[C-]=C=C(c1ccccc1)c1n(-c2c(C)cc(C)cc2C)cc[n+]1-c1c(C)cc(C)cc1C.[C-]#[O+].[C-]#[O+].[C-]#[O+].[C-]#[O+].[C-]#[O+].[C-]#[O+].[C-]#[O+].[C-]#[O+].[C-]#[O+].[C-]#[O+].[Cr].[Cr]. The van der Waals surface area contributed by atoms with E-state index in [2.05, 4.69) is 314 Å². The van der Waals surface area contributed by atoms with Crippen molar-refractivity contribution >= 4 is 11.1 Å². The van der Waals surface area contributed by atoms with Gasteiger partial charge in [-0.3, -0.25) is 11.5 Å². The van der Waals surface area contributed by atoms with E-state index in [1.807, 2.05) is 39.8 Å². The topological polar surface area (TPSA) is 244 Å². The Kier molecular flexibility index (Phi) is 64.4. The zero-order valence-electron chi connectivity index (χ0n) is 57.4. The summed E-state index contributed by atoms with van der Waals surface area (Å²) >= 11 is 0. The first-order chi connectivity index (χ1) is 46.0. The van der Waals surface area contributed by atoms with Crippen LogP contribution >= 0.6 is 0 Å². The summed E-state index contributed by atoms with van der Waals surface area (Å²) in [7, 11) is 0. The van der Waals surface area contributed by atoms with Crippen LogP contribution in [0.15, 0.2) is 145 Å². The molecule has 6 aromatic carbocycles. The molecule has 17 nitrogen and oxygen atoms in total. The van der Waals surface area contributed by atoms with Crippen LogP contribution in [-0.4, -0.2) is 35.6 Å². The van der Waals surface area contributed by atoms with E-state index in [9.17, 15) is 0 Å². The van der Waals surface area contributed by atoms with Crippen molar-refractivity contribution in [3.8, 4) is 22.7 Å². The number of rotatable bonds is 14. The van der Waals surface area contributed by atoms with Gasteiger partial charge in [-0.15, -0.1) is 0 Å². The minimum Gasteiger partial charge on any atom is 0 e. The number of aromatic nitrogens is 4. The molecule has 19 heteroatoms. The number of benzene rings is 6. The molecule has 0 saturated heterocycles. The van der Waals surface area contributed by atoms with E-state index in [1.54, 1.807) is 0 Å². The molecule has 0 radical (unpaired) electrons. The summed E-state index contributed by atoms with van der Waals surface area (Å²) in [5.74, 6) is 2.02. The standard InChI is InChI=1S/2C32H34N2O.C4H10O.10CO.2Cr/c2*1-8-35-17-14-29(28-12-10-9-11-13-28)32-33(30-24(4)18-22(2)19-25(30)5)15-16-34(32)31-26(6)20-23(3)21-27(31)7;1-3-5-4-2;10*1-2;;/h2*9-13,15-16,18-21H,8H2,1-7H3;3-4H2,1-2H3;;;;;;;;;;;;. The first-order valence-electron chi connectivity index (χ1n) is 28.4. The minimum atomic E-state index is 0. The average Bonchev–Trinajstić information content (AvgIpc) is 1.67. The molecule has 0 spiro atoms. The van der Waals surface area contributed by atoms with Crippen LogP contribution < -0.4 is 9.13 Å². The van der Waals surface area contributed by atoms with Gasteiger partial charge in [0.2, 0.25) is 11.6 Å². The second-order valence-corrected chi connectivity index (χ2v) is 19.3.